The Labute approximate surface area is 125 Å². The van der Waals surface area contributed by atoms with Gasteiger partial charge in [0.1, 0.15) is 6.04 Å². The van der Waals surface area contributed by atoms with E-state index in [1.807, 2.05) is 30.3 Å². The summed E-state index contributed by atoms with van der Waals surface area (Å²) in [6.07, 6.45) is 6.26. The van der Waals surface area contributed by atoms with Crippen LogP contribution in [0.15, 0.2) is 30.3 Å². The van der Waals surface area contributed by atoms with Crippen molar-refractivity contribution < 1.29 is 9.59 Å². The molecule has 0 radical (unpaired) electrons. The summed E-state index contributed by atoms with van der Waals surface area (Å²) < 4.78 is 0. The second-order valence-corrected chi connectivity index (χ2v) is 5.51. The van der Waals surface area contributed by atoms with Crippen molar-refractivity contribution in [2.45, 2.75) is 44.2 Å². The SMILES string of the molecule is CN(NC=O)C(C(=O)NC1CCCCC1)c1ccccc1. The van der Waals surface area contributed by atoms with E-state index >= 15 is 0 Å². The highest BCUT2D eigenvalue weighted by molar-refractivity contribution is 5.83. The number of amides is 2. The smallest absolute Gasteiger partial charge is 0.243 e. The highest BCUT2D eigenvalue weighted by atomic mass is 16.2. The molecule has 0 spiro atoms. The fourth-order valence-corrected chi connectivity index (χ4v) is 2.87. The summed E-state index contributed by atoms with van der Waals surface area (Å²) in [5.74, 6) is -0.0649. The maximum Gasteiger partial charge on any atom is 0.243 e. The third-order valence-electron chi connectivity index (χ3n) is 3.96. The van der Waals surface area contributed by atoms with Crippen LogP contribution in [0.3, 0.4) is 0 Å². The number of hydrogen-bond donors (Lipinski definition) is 2. The number of benzene rings is 1. The van der Waals surface area contributed by atoms with Crippen molar-refractivity contribution in [2.75, 3.05) is 7.05 Å². The first-order valence-electron chi connectivity index (χ1n) is 7.50. The van der Waals surface area contributed by atoms with Gasteiger partial charge >= 0.3 is 0 Å². The maximum atomic E-state index is 12.6. The lowest BCUT2D eigenvalue weighted by molar-refractivity contribution is -0.129. The number of carbonyl (C=O) groups is 2. The molecule has 5 heteroatoms. The lowest BCUT2D eigenvalue weighted by Crippen LogP contribution is -2.47. The predicted octanol–water partition coefficient (Wildman–Crippen LogP) is 1.77. The van der Waals surface area contributed by atoms with E-state index in [9.17, 15) is 9.59 Å². The number of nitrogens with one attached hydrogen (secondary N) is 2. The van der Waals surface area contributed by atoms with Crippen molar-refractivity contribution in [2.24, 2.45) is 0 Å². The van der Waals surface area contributed by atoms with E-state index in [2.05, 4.69) is 10.7 Å². The molecule has 21 heavy (non-hydrogen) atoms. The van der Waals surface area contributed by atoms with E-state index in [0.29, 0.717) is 6.41 Å². The van der Waals surface area contributed by atoms with Crippen LogP contribution in [0.2, 0.25) is 0 Å². The minimum atomic E-state index is -0.515. The normalized spacial score (nSPS) is 17.2. The molecule has 1 aromatic carbocycles. The molecule has 0 aliphatic heterocycles. The molecule has 1 unspecified atom stereocenters. The second kappa shape index (κ2) is 7.78. The molecule has 114 valence electrons. The topological polar surface area (TPSA) is 61.4 Å². The quantitative estimate of drug-likeness (QED) is 0.620. The molecule has 0 saturated heterocycles. The van der Waals surface area contributed by atoms with Gasteiger partial charge in [0.05, 0.1) is 0 Å². The molecule has 2 rings (SSSR count). The number of hydrazine groups is 1. The van der Waals surface area contributed by atoms with Crippen LogP contribution in [-0.4, -0.2) is 30.4 Å². The Bertz CT molecular complexity index is 458. The van der Waals surface area contributed by atoms with Crippen molar-refractivity contribution in [1.82, 2.24) is 15.8 Å². The van der Waals surface area contributed by atoms with Gasteiger partial charge < -0.3 is 5.32 Å². The Morgan fingerprint density at radius 2 is 1.90 bits per heavy atom. The van der Waals surface area contributed by atoms with E-state index in [1.54, 1.807) is 12.1 Å². The zero-order chi connectivity index (χ0) is 15.1. The summed E-state index contributed by atoms with van der Waals surface area (Å²) in [6, 6.07) is 9.23. The molecule has 0 aromatic heterocycles. The molecule has 0 bridgehead atoms. The molecule has 2 amide bonds. The fraction of sp³-hybridized carbons (Fsp3) is 0.500. The van der Waals surface area contributed by atoms with Crippen LogP contribution in [0.1, 0.15) is 43.7 Å². The van der Waals surface area contributed by atoms with E-state index in [0.717, 1.165) is 18.4 Å². The summed E-state index contributed by atoms with van der Waals surface area (Å²) in [5.41, 5.74) is 3.42. The van der Waals surface area contributed by atoms with Gasteiger partial charge in [0.25, 0.3) is 0 Å². The molecule has 1 atom stereocenters. The van der Waals surface area contributed by atoms with Crippen LogP contribution in [0.5, 0.6) is 0 Å². The number of rotatable bonds is 6. The van der Waals surface area contributed by atoms with Gasteiger partial charge in [-0.3, -0.25) is 15.0 Å². The van der Waals surface area contributed by atoms with Crippen LogP contribution in [0.25, 0.3) is 0 Å². The van der Waals surface area contributed by atoms with Gasteiger partial charge in [0, 0.05) is 13.1 Å². The second-order valence-electron chi connectivity index (χ2n) is 5.51. The summed E-state index contributed by atoms with van der Waals surface area (Å²) in [4.78, 5) is 23.3. The molecule has 1 aromatic rings. The molecular weight excluding hydrogens is 266 g/mol. The van der Waals surface area contributed by atoms with Crippen molar-refractivity contribution >= 4 is 12.3 Å². The van der Waals surface area contributed by atoms with Crippen LogP contribution in [0.4, 0.5) is 0 Å². The molecule has 2 N–H and O–H groups in total. The molecule has 1 saturated carbocycles. The molecule has 0 heterocycles. The molecule has 1 aliphatic rings. The Kier molecular flexibility index (Phi) is 5.75. The van der Waals surface area contributed by atoms with Crippen molar-refractivity contribution in [1.29, 1.82) is 0 Å². The van der Waals surface area contributed by atoms with Crippen LogP contribution < -0.4 is 10.7 Å². The minimum Gasteiger partial charge on any atom is -0.352 e. The largest absolute Gasteiger partial charge is 0.352 e. The molecule has 1 aliphatic carbocycles. The Balaban J connectivity index is 2.10. The maximum absolute atomic E-state index is 12.6. The summed E-state index contributed by atoms with van der Waals surface area (Å²) in [6.45, 7) is 0. The average Bonchev–Trinajstić information content (AvgIpc) is 2.50. The molecule has 1 fully saturated rings. The lowest BCUT2D eigenvalue weighted by atomic mass is 9.95. The van der Waals surface area contributed by atoms with Gasteiger partial charge in [-0.1, -0.05) is 49.6 Å². The van der Waals surface area contributed by atoms with Crippen LogP contribution in [-0.2, 0) is 9.59 Å². The molecular formula is C16H23N3O2. The van der Waals surface area contributed by atoms with E-state index < -0.39 is 6.04 Å². The Hall–Kier alpha value is -1.88. The van der Waals surface area contributed by atoms with Crippen LogP contribution in [0, 0.1) is 0 Å². The van der Waals surface area contributed by atoms with Gasteiger partial charge in [-0.05, 0) is 18.4 Å². The van der Waals surface area contributed by atoms with Crippen molar-refractivity contribution in [3.05, 3.63) is 35.9 Å². The zero-order valence-electron chi connectivity index (χ0n) is 12.4. The zero-order valence-corrected chi connectivity index (χ0v) is 12.4. The first kappa shape index (κ1) is 15.5. The van der Waals surface area contributed by atoms with Gasteiger partial charge in [-0.2, -0.15) is 0 Å². The minimum absolute atomic E-state index is 0.0649. The monoisotopic (exact) mass is 289 g/mol. The van der Waals surface area contributed by atoms with Gasteiger partial charge in [-0.15, -0.1) is 0 Å². The number of nitrogens with zero attached hydrogens (tertiary/aromatic N) is 1. The third-order valence-corrected chi connectivity index (χ3v) is 3.96. The first-order valence-corrected chi connectivity index (χ1v) is 7.50. The highest BCUT2D eigenvalue weighted by Crippen LogP contribution is 2.21. The third kappa shape index (κ3) is 4.29. The summed E-state index contributed by atoms with van der Waals surface area (Å²) >= 11 is 0. The fourth-order valence-electron chi connectivity index (χ4n) is 2.87. The van der Waals surface area contributed by atoms with Crippen molar-refractivity contribution in [3.63, 3.8) is 0 Å². The summed E-state index contributed by atoms with van der Waals surface area (Å²) in [5, 5.41) is 4.66. The predicted molar refractivity (Wildman–Crippen MR) is 81.2 cm³/mol. The van der Waals surface area contributed by atoms with Crippen LogP contribution >= 0.6 is 0 Å². The van der Waals surface area contributed by atoms with Gasteiger partial charge in [0.15, 0.2) is 0 Å². The van der Waals surface area contributed by atoms with Gasteiger partial charge in [0.2, 0.25) is 12.3 Å². The average molecular weight is 289 g/mol. The van der Waals surface area contributed by atoms with E-state index in [-0.39, 0.29) is 11.9 Å². The number of carbonyl (C=O) groups excluding carboxylic acids is 2. The summed E-state index contributed by atoms with van der Waals surface area (Å²) in [7, 11) is 1.70. The first-order chi connectivity index (χ1) is 10.2. The Morgan fingerprint density at radius 1 is 1.24 bits per heavy atom. The Morgan fingerprint density at radius 3 is 2.52 bits per heavy atom. The van der Waals surface area contributed by atoms with E-state index in [1.165, 1.54) is 19.3 Å². The van der Waals surface area contributed by atoms with Gasteiger partial charge in [-0.25, -0.2) is 5.01 Å². The lowest BCUT2D eigenvalue weighted by Gasteiger charge is -2.30. The highest BCUT2D eigenvalue weighted by Gasteiger charge is 2.27. The number of hydrogen-bond acceptors (Lipinski definition) is 3. The van der Waals surface area contributed by atoms with Crippen molar-refractivity contribution in [3.8, 4) is 0 Å². The van der Waals surface area contributed by atoms with E-state index in [4.69, 9.17) is 0 Å². The standard InChI is InChI=1S/C16H23N3O2/c1-19(17-12-20)15(13-8-4-2-5-9-13)16(21)18-14-10-6-3-7-11-14/h2,4-5,8-9,12,14-15H,3,6-7,10-11H2,1H3,(H,17,20)(H,18,21). The molecule has 5 nitrogen and oxygen atoms in total. The number of likely N-dealkylation sites (N-methyl/N-ethyl adjacent to an activating group) is 1.